The van der Waals surface area contributed by atoms with Crippen molar-refractivity contribution in [3.05, 3.63) is 16.1 Å². The van der Waals surface area contributed by atoms with Gasteiger partial charge < -0.3 is 15.7 Å². The maximum Gasteiger partial charge on any atom is 0.326 e. The Morgan fingerprint density at radius 1 is 1.45 bits per heavy atom. The molecule has 0 aliphatic heterocycles. The van der Waals surface area contributed by atoms with Crippen LogP contribution in [0.15, 0.2) is 6.20 Å². The summed E-state index contributed by atoms with van der Waals surface area (Å²) in [6.07, 6.45) is 3.39. The molecule has 0 saturated heterocycles. The van der Waals surface area contributed by atoms with E-state index in [2.05, 4.69) is 15.6 Å². The first-order valence-electron chi connectivity index (χ1n) is 6.68. The van der Waals surface area contributed by atoms with E-state index in [0.29, 0.717) is 13.0 Å². The lowest BCUT2D eigenvalue weighted by atomic mass is 9.99. The SMILES string of the molecule is CCc1cnc(CNC(=O)N[C@H](C(=O)O)[C@@H](C)CC)s1. The number of aryl methyl sites for hydroxylation is 1. The van der Waals surface area contributed by atoms with Gasteiger partial charge in [-0.1, -0.05) is 27.2 Å². The molecule has 0 unspecified atom stereocenters. The summed E-state index contributed by atoms with van der Waals surface area (Å²) in [6, 6.07) is -1.35. The Labute approximate surface area is 122 Å². The number of nitrogens with one attached hydrogen (secondary N) is 2. The van der Waals surface area contributed by atoms with Gasteiger partial charge >= 0.3 is 12.0 Å². The monoisotopic (exact) mass is 299 g/mol. The zero-order valence-electron chi connectivity index (χ0n) is 12.0. The van der Waals surface area contributed by atoms with Gasteiger partial charge in [0, 0.05) is 11.1 Å². The molecule has 0 aromatic carbocycles. The van der Waals surface area contributed by atoms with Crippen LogP contribution in [0.4, 0.5) is 4.79 Å². The number of thiazole rings is 1. The number of rotatable bonds is 7. The summed E-state index contributed by atoms with van der Waals surface area (Å²) in [4.78, 5) is 28.2. The number of aromatic nitrogens is 1. The minimum atomic E-state index is -1.02. The van der Waals surface area contributed by atoms with Crippen molar-refractivity contribution in [1.29, 1.82) is 0 Å². The zero-order chi connectivity index (χ0) is 15.1. The summed E-state index contributed by atoms with van der Waals surface area (Å²) in [5.74, 6) is -1.14. The van der Waals surface area contributed by atoms with Crippen LogP contribution in [0.3, 0.4) is 0 Å². The van der Waals surface area contributed by atoms with Crippen molar-refractivity contribution in [2.75, 3.05) is 0 Å². The van der Waals surface area contributed by atoms with Gasteiger partial charge in [-0.3, -0.25) is 0 Å². The number of carboxylic acid groups (broad SMARTS) is 1. The summed E-state index contributed by atoms with van der Waals surface area (Å²) in [6.45, 7) is 6.04. The molecule has 0 saturated carbocycles. The van der Waals surface area contributed by atoms with E-state index in [0.717, 1.165) is 16.3 Å². The number of nitrogens with zero attached hydrogens (tertiary/aromatic N) is 1. The molecule has 2 atom stereocenters. The molecule has 20 heavy (non-hydrogen) atoms. The number of hydrogen-bond donors (Lipinski definition) is 3. The number of carbonyl (C=O) groups excluding carboxylic acids is 1. The van der Waals surface area contributed by atoms with E-state index in [1.54, 1.807) is 24.5 Å². The third-order valence-electron chi connectivity index (χ3n) is 3.12. The molecule has 0 spiro atoms. The Kier molecular flexibility index (Phi) is 6.44. The molecule has 0 radical (unpaired) electrons. The molecule has 0 aliphatic rings. The number of amides is 2. The van der Waals surface area contributed by atoms with Crippen LogP contribution in [-0.2, 0) is 17.8 Å². The molecule has 0 fully saturated rings. The van der Waals surface area contributed by atoms with E-state index < -0.39 is 18.0 Å². The smallest absolute Gasteiger partial charge is 0.326 e. The van der Waals surface area contributed by atoms with Gasteiger partial charge in [-0.2, -0.15) is 0 Å². The molecule has 1 rings (SSSR count). The zero-order valence-corrected chi connectivity index (χ0v) is 12.8. The fourth-order valence-corrected chi connectivity index (χ4v) is 2.43. The van der Waals surface area contributed by atoms with Crippen LogP contribution in [0.5, 0.6) is 0 Å². The lowest BCUT2D eigenvalue weighted by molar-refractivity contribution is -0.140. The van der Waals surface area contributed by atoms with Crippen LogP contribution in [0, 0.1) is 5.92 Å². The summed E-state index contributed by atoms with van der Waals surface area (Å²) < 4.78 is 0. The summed E-state index contributed by atoms with van der Waals surface area (Å²) >= 11 is 1.54. The van der Waals surface area contributed by atoms with Crippen LogP contribution in [0.1, 0.15) is 37.1 Å². The highest BCUT2D eigenvalue weighted by atomic mass is 32.1. The van der Waals surface area contributed by atoms with E-state index in [1.165, 1.54) is 0 Å². The Morgan fingerprint density at radius 3 is 2.65 bits per heavy atom. The molecule has 1 aromatic rings. The van der Waals surface area contributed by atoms with Gasteiger partial charge in [0.15, 0.2) is 0 Å². The Morgan fingerprint density at radius 2 is 2.15 bits per heavy atom. The predicted molar refractivity (Wildman–Crippen MR) is 77.7 cm³/mol. The number of carbonyl (C=O) groups is 2. The van der Waals surface area contributed by atoms with Crippen molar-refractivity contribution in [2.45, 2.75) is 46.2 Å². The summed E-state index contributed by atoms with van der Waals surface area (Å²) in [5, 5.41) is 15.0. The van der Waals surface area contributed by atoms with Crippen molar-refractivity contribution < 1.29 is 14.7 Å². The standard InChI is InChI=1S/C13H21N3O3S/c1-4-8(3)11(12(17)18)16-13(19)15-7-10-14-6-9(5-2)20-10/h6,8,11H,4-5,7H2,1-3H3,(H,17,18)(H2,15,16,19)/t8-,11-/m0/s1. The van der Waals surface area contributed by atoms with Gasteiger partial charge in [0.25, 0.3) is 0 Å². The van der Waals surface area contributed by atoms with E-state index in [9.17, 15) is 9.59 Å². The largest absolute Gasteiger partial charge is 0.480 e. The molecule has 0 bridgehead atoms. The number of urea groups is 1. The molecule has 2 amide bonds. The first kappa shape index (κ1) is 16.4. The third-order valence-corrected chi connectivity index (χ3v) is 4.26. The molecule has 1 aromatic heterocycles. The highest BCUT2D eigenvalue weighted by Gasteiger charge is 2.25. The normalized spacial score (nSPS) is 13.6. The maximum absolute atomic E-state index is 11.7. The second-order valence-corrected chi connectivity index (χ2v) is 5.80. The summed E-state index contributed by atoms with van der Waals surface area (Å²) in [7, 11) is 0. The van der Waals surface area contributed by atoms with Crippen LogP contribution < -0.4 is 10.6 Å². The van der Waals surface area contributed by atoms with Crippen molar-refractivity contribution in [3.63, 3.8) is 0 Å². The van der Waals surface area contributed by atoms with Gasteiger partial charge in [0.05, 0.1) is 6.54 Å². The van der Waals surface area contributed by atoms with Crippen LogP contribution >= 0.6 is 11.3 Å². The average molecular weight is 299 g/mol. The minimum Gasteiger partial charge on any atom is -0.480 e. The van der Waals surface area contributed by atoms with Gasteiger partial charge in [-0.05, 0) is 12.3 Å². The molecular formula is C13H21N3O3S. The van der Waals surface area contributed by atoms with Gasteiger partial charge in [-0.25, -0.2) is 14.6 Å². The Bertz CT molecular complexity index is 461. The van der Waals surface area contributed by atoms with Crippen LogP contribution in [-0.4, -0.2) is 28.1 Å². The minimum absolute atomic E-state index is 0.121. The second-order valence-electron chi connectivity index (χ2n) is 4.60. The van der Waals surface area contributed by atoms with E-state index >= 15 is 0 Å². The van der Waals surface area contributed by atoms with Crippen LogP contribution in [0.2, 0.25) is 0 Å². The molecule has 7 heteroatoms. The summed E-state index contributed by atoms with van der Waals surface area (Å²) in [5.41, 5.74) is 0. The number of aliphatic carboxylic acids is 1. The Hall–Kier alpha value is -1.63. The second kappa shape index (κ2) is 7.84. The lowest BCUT2D eigenvalue weighted by Crippen LogP contribution is -2.48. The Balaban J connectivity index is 2.47. The number of carboxylic acids is 1. The topological polar surface area (TPSA) is 91.3 Å². The lowest BCUT2D eigenvalue weighted by Gasteiger charge is -2.20. The van der Waals surface area contributed by atoms with Gasteiger partial charge in [0.1, 0.15) is 11.0 Å². The highest BCUT2D eigenvalue weighted by molar-refractivity contribution is 7.11. The van der Waals surface area contributed by atoms with Crippen molar-refractivity contribution in [1.82, 2.24) is 15.6 Å². The van der Waals surface area contributed by atoms with Crippen LogP contribution in [0.25, 0.3) is 0 Å². The molecule has 3 N–H and O–H groups in total. The molecule has 0 aliphatic carbocycles. The average Bonchev–Trinajstić information content (AvgIpc) is 2.89. The quantitative estimate of drug-likeness (QED) is 0.718. The van der Waals surface area contributed by atoms with Crippen molar-refractivity contribution in [2.24, 2.45) is 5.92 Å². The fraction of sp³-hybridized carbons (Fsp3) is 0.615. The first-order valence-corrected chi connectivity index (χ1v) is 7.50. The molecular weight excluding hydrogens is 278 g/mol. The van der Waals surface area contributed by atoms with Gasteiger partial charge in [0.2, 0.25) is 0 Å². The van der Waals surface area contributed by atoms with Crippen molar-refractivity contribution in [3.8, 4) is 0 Å². The van der Waals surface area contributed by atoms with E-state index in [4.69, 9.17) is 5.11 Å². The number of hydrogen-bond acceptors (Lipinski definition) is 4. The van der Waals surface area contributed by atoms with Crippen molar-refractivity contribution >= 4 is 23.3 Å². The molecule has 112 valence electrons. The maximum atomic E-state index is 11.7. The van der Waals surface area contributed by atoms with Gasteiger partial charge in [-0.15, -0.1) is 11.3 Å². The van der Waals surface area contributed by atoms with E-state index in [-0.39, 0.29) is 5.92 Å². The first-order chi connectivity index (χ1) is 9.47. The molecule has 6 nitrogen and oxygen atoms in total. The predicted octanol–water partition coefficient (Wildman–Crippen LogP) is 2.00. The highest BCUT2D eigenvalue weighted by Crippen LogP contribution is 2.13. The third kappa shape index (κ3) is 4.80. The fourth-order valence-electron chi connectivity index (χ4n) is 1.62. The molecule has 1 heterocycles. The van der Waals surface area contributed by atoms with E-state index in [1.807, 2.05) is 13.8 Å².